The summed E-state index contributed by atoms with van der Waals surface area (Å²) >= 11 is 1.43. The van der Waals surface area contributed by atoms with Gasteiger partial charge in [-0.2, -0.15) is 0 Å². The summed E-state index contributed by atoms with van der Waals surface area (Å²) in [6.07, 6.45) is 5.47. The number of likely N-dealkylation sites (tertiary alicyclic amines) is 1. The Morgan fingerprint density at radius 2 is 1.96 bits per heavy atom. The van der Waals surface area contributed by atoms with Crippen LogP contribution in [0.2, 0.25) is 0 Å². The van der Waals surface area contributed by atoms with E-state index in [1.165, 1.54) is 23.9 Å². The molecule has 7 heteroatoms. The van der Waals surface area contributed by atoms with Crippen molar-refractivity contribution in [3.8, 4) is 0 Å². The van der Waals surface area contributed by atoms with Crippen LogP contribution >= 0.6 is 11.8 Å². The van der Waals surface area contributed by atoms with Crippen LogP contribution in [-0.2, 0) is 4.79 Å². The molecule has 2 atom stereocenters. The molecular weight excluding hydrogens is 338 g/mol. The van der Waals surface area contributed by atoms with E-state index < -0.39 is 4.92 Å². The minimum absolute atomic E-state index is 0.0561. The van der Waals surface area contributed by atoms with E-state index in [0.29, 0.717) is 0 Å². The Morgan fingerprint density at radius 1 is 1.28 bits per heavy atom. The van der Waals surface area contributed by atoms with Gasteiger partial charge >= 0.3 is 0 Å². The maximum absolute atomic E-state index is 12.9. The summed E-state index contributed by atoms with van der Waals surface area (Å²) in [4.78, 5) is 30.0. The van der Waals surface area contributed by atoms with Crippen LogP contribution in [0.15, 0.2) is 53.7 Å². The lowest BCUT2D eigenvalue weighted by molar-refractivity contribution is -0.384. The molecule has 2 aromatic rings. The Labute approximate surface area is 150 Å². The van der Waals surface area contributed by atoms with Crippen molar-refractivity contribution in [3.63, 3.8) is 0 Å². The zero-order valence-electron chi connectivity index (χ0n) is 13.9. The van der Waals surface area contributed by atoms with Crippen molar-refractivity contribution in [3.05, 3.63) is 64.5 Å². The predicted molar refractivity (Wildman–Crippen MR) is 96.3 cm³/mol. The number of thioether (sulfide) groups is 1. The number of non-ortho nitro benzene ring substituents is 1. The zero-order valence-corrected chi connectivity index (χ0v) is 14.7. The number of nitrogens with zero attached hydrogens (tertiary/aromatic N) is 3. The molecule has 1 aliphatic rings. The third-order valence-corrected chi connectivity index (χ3v) is 5.43. The summed E-state index contributed by atoms with van der Waals surface area (Å²) in [5, 5.41) is 10.5. The van der Waals surface area contributed by atoms with Crippen molar-refractivity contribution in [2.75, 3.05) is 6.54 Å². The van der Waals surface area contributed by atoms with Crippen LogP contribution in [0.25, 0.3) is 0 Å². The number of aromatic nitrogens is 1. The van der Waals surface area contributed by atoms with E-state index in [4.69, 9.17) is 0 Å². The molecule has 130 valence electrons. The van der Waals surface area contributed by atoms with Crippen LogP contribution < -0.4 is 0 Å². The highest BCUT2D eigenvalue weighted by Crippen LogP contribution is 2.34. The Morgan fingerprint density at radius 3 is 2.60 bits per heavy atom. The monoisotopic (exact) mass is 357 g/mol. The largest absolute Gasteiger partial charge is 0.335 e. The normalized spacial score (nSPS) is 18.1. The number of pyridine rings is 1. The second-order valence-electron chi connectivity index (χ2n) is 5.98. The van der Waals surface area contributed by atoms with Crippen molar-refractivity contribution < 1.29 is 9.72 Å². The van der Waals surface area contributed by atoms with Gasteiger partial charge in [0.2, 0.25) is 5.91 Å². The number of carbonyl (C=O) groups excluding carboxylic acids is 1. The first-order valence-corrected chi connectivity index (χ1v) is 9.06. The Bertz CT molecular complexity index is 752. The molecule has 0 aliphatic carbocycles. The number of amides is 1. The molecule has 2 heterocycles. The third-order valence-electron chi connectivity index (χ3n) is 4.33. The maximum atomic E-state index is 12.9. The quantitative estimate of drug-likeness (QED) is 0.462. The second kappa shape index (κ2) is 7.65. The summed E-state index contributed by atoms with van der Waals surface area (Å²) in [6.45, 7) is 2.65. The Kier molecular flexibility index (Phi) is 5.33. The SMILES string of the molecule is CC(Sc1ccc([N+](=O)[O-])cc1)C(=O)N1CCCC1c1ccncc1. The fraction of sp³-hybridized carbons (Fsp3) is 0.333. The summed E-state index contributed by atoms with van der Waals surface area (Å²) in [5.41, 5.74) is 1.18. The van der Waals surface area contributed by atoms with Crippen molar-refractivity contribution >= 4 is 23.4 Å². The van der Waals surface area contributed by atoms with Gasteiger partial charge in [0.1, 0.15) is 0 Å². The first kappa shape index (κ1) is 17.4. The molecule has 0 radical (unpaired) electrons. The van der Waals surface area contributed by atoms with Crippen LogP contribution in [0, 0.1) is 10.1 Å². The van der Waals surface area contributed by atoms with Gasteiger partial charge in [-0.15, -0.1) is 11.8 Å². The van der Waals surface area contributed by atoms with Crippen LogP contribution in [-0.4, -0.2) is 32.5 Å². The van der Waals surface area contributed by atoms with Gasteiger partial charge in [-0.25, -0.2) is 0 Å². The number of hydrogen-bond acceptors (Lipinski definition) is 5. The molecule has 0 saturated carbocycles. The average molecular weight is 357 g/mol. The van der Waals surface area contributed by atoms with Crippen LogP contribution in [0.4, 0.5) is 5.69 Å². The van der Waals surface area contributed by atoms with E-state index >= 15 is 0 Å². The maximum Gasteiger partial charge on any atom is 0.269 e. The van der Waals surface area contributed by atoms with Crippen molar-refractivity contribution in [2.45, 2.75) is 36.0 Å². The average Bonchev–Trinajstić information content (AvgIpc) is 3.12. The lowest BCUT2D eigenvalue weighted by Crippen LogP contribution is -2.36. The highest BCUT2D eigenvalue weighted by Gasteiger charge is 2.32. The number of carbonyl (C=O) groups is 1. The highest BCUT2D eigenvalue weighted by atomic mass is 32.2. The van der Waals surface area contributed by atoms with Gasteiger partial charge in [0.05, 0.1) is 16.2 Å². The molecule has 0 spiro atoms. The molecule has 1 aromatic heterocycles. The standard InChI is InChI=1S/C18H19N3O3S/c1-13(25-16-6-4-15(5-7-16)21(23)24)18(22)20-12-2-3-17(20)14-8-10-19-11-9-14/h4-11,13,17H,2-3,12H2,1H3. The molecule has 1 amide bonds. The topological polar surface area (TPSA) is 76.3 Å². The molecule has 0 bridgehead atoms. The number of rotatable bonds is 5. The van der Waals surface area contributed by atoms with Gasteiger partial charge < -0.3 is 4.90 Å². The van der Waals surface area contributed by atoms with Gasteiger partial charge in [-0.1, -0.05) is 0 Å². The first-order chi connectivity index (χ1) is 12.1. The second-order valence-corrected chi connectivity index (χ2v) is 7.40. The molecule has 2 unspecified atom stereocenters. The van der Waals surface area contributed by atoms with Gasteiger partial charge in [-0.3, -0.25) is 19.9 Å². The number of hydrogen-bond donors (Lipinski definition) is 0. The number of benzene rings is 1. The number of nitro benzene ring substituents is 1. The highest BCUT2D eigenvalue weighted by molar-refractivity contribution is 8.00. The van der Waals surface area contributed by atoms with Crippen molar-refractivity contribution in [1.29, 1.82) is 0 Å². The summed E-state index contributed by atoms with van der Waals surface area (Å²) < 4.78 is 0. The van der Waals surface area contributed by atoms with Crippen LogP contribution in [0.1, 0.15) is 31.4 Å². The molecule has 3 rings (SSSR count). The Hall–Kier alpha value is -2.41. The van der Waals surface area contributed by atoms with E-state index in [2.05, 4.69) is 4.98 Å². The fourth-order valence-electron chi connectivity index (χ4n) is 3.10. The van der Waals surface area contributed by atoms with Crippen molar-refractivity contribution in [1.82, 2.24) is 9.88 Å². The summed E-state index contributed by atoms with van der Waals surface area (Å²) in [5.74, 6) is 0.0997. The van der Waals surface area contributed by atoms with E-state index in [1.54, 1.807) is 24.5 Å². The minimum Gasteiger partial charge on any atom is -0.335 e. The van der Waals surface area contributed by atoms with E-state index in [0.717, 1.165) is 29.8 Å². The summed E-state index contributed by atoms with van der Waals surface area (Å²) in [7, 11) is 0. The Balaban J connectivity index is 1.68. The van der Waals surface area contributed by atoms with E-state index in [9.17, 15) is 14.9 Å². The molecule has 0 N–H and O–H groups in total. The lowest BCUT2D eigenvalue weighted by Gasteiger charge is -2.27. The van der Waals surface area contributed by atoms with E-state index in [1.807, 2.05) is 24.0 Å². The molecule has 1 aliphatic heterocycles. The van der Waals surface area contributed by atoms with E-state index in [-0.39, 0.29) is 22.9 Å². The molecule has 1 fully saturated rings. The first-order valence-electron chi connectivity index (χ1n) is 8.18. The lowest BCUT2D eigenvalue weighted by atomic mass is 10.1. The molecule has 6 nitrogen and oxygen atoms in total. The van der Waals surface area contributed by atoms with Crippen LogP contribution in [0.5, 0.6) is 0 Å². The predicted octanol–water partition coefficient (Wildman–Crippen LogP) is 3.83. The van der Waals surface area contributed by atoms with Gasteiger partial charge in [0.25, 0.3) is 5.69 Å². The van der Waals surface area contributed by atoms with Crippen molar-refractivity contribution in [2.24, 2.45) is 0 Å². The molecule has 1 aromatic carbocycles. The third kappa shape index (κ3) is 3.99. The van der Waals surface area contributed by atoms with Gasteiger partial charge in [0, 0.05) is 36.0 Å². The smallest absolute Gasteiger partial charge is 0.269 e. The molecule has 25 heavy (non-hydrogen) atoms. The minimum atomic E-state index is -0.424. The van der Waals surface area contributed by atoms with Gasteiger partial charge in [-0.05, 0) is 49.6 Å². The summed E-state index contributed by atoms with van der Waals surface area (Å²) in [6, 6.07) is 10.3. The van der Waals surface area contributed by atoms with Gasteiger partial charge in [0.15, 0.2) is 0 Å². The molecular formula is C18H19N3O3S. The zero-order chi connectivity index (χ0) is 17.8. The fourth-order valence-corrected chi connectivity index (χ4v) is 4.03. The van der Waals surface area contributed by atoms with Crippen LogP contribution in [0.3, 0.4) is 0 Å². The molecule has 1 saturated heterocycles. The number of nitro groups is 1.